The smallest absolute Gasteiger partial charge is 0.341 e. The number of carbonyl (C=O) groups excluding carboxylic acids is 3. The van der Waals surface area contributed by atoms with E-state index in [-0.39, 0.29) is 24.2 Å². The molecular weight excluding hydrogens is 548 g/mol. The number of thioether (sulfide) groups is 1. The second kappa shape index (κ2) is 13.5. The third kappa shape index (κ3) is 7.19. The van der Waals surface area contributed by atoms with Crippen molar-refractivity contribution in [2.45, 2.75) is 31.6 Å². The van der Waals surface area contributed by atoms with Crippen molar-refractivity contribution in [2.24, 2.45) is 11.8 Å². The van der Waals surface area contributed by atoms with Crippen molar-refractivity contribution in [3.63, 3.8) is 0 Å². The summed E-state index contributed by atoms with van der Waals surface area (Å²) in [6.45, 7) is 3.93. The Morgan fingerprint density at radius 1 is 1.02 bits per heavy atom. The lowest BCUT2D eigenvalue weighted by atomic mass is 9.82. The van der Waals surface area contributed by atoms with Crippen LogP contribution in [0.2, 0.25) is 0 Å². The normalized spacial score (nSPS) is 16.2. The monoisotopic (exact) mass is 578 g/mol. The Hall–Kier alpha value is -3.89. The Bertz CT molecular complexity index is 1430. The number of rotatable bonds is 10. The first kappa shape index (κ1) is 29.1. The number of benzene rings is 2. The molecule has 4 rings (SSSR count). The van der Waals surface area contributed by atoms with Crippen molar-refractivity contribution in [3.05, 3.63) is 77.2 Å². The zero-order chi connectivity index (χ0) is 28.6. The fraction of sp³-hybridized carbons (Fsp3) is 0.267. The van der Waals surface area contributed by atoms with Crippen molar-refractivity contribution < 1.29 is 29.0 Å². The van der Waals surface area contributed by atoms with Gasteiger partial charge in [0, 0.05) is 21.5 Å². The highest BCUT2D eigenvalue weighted by Gasteiger charge is 2.34. The number of aliphatic carboxylic acids is 1. The first-order valence-electron chi connectivity index (χ1n) is 12.8. The zero-order valence-corrected chi connectivity index (χ0v) is 23.8. The molecule has 10 heteroatoms. The number of esters is 1. The molecule has 2 aromatic carbocycles. The van der Waals surface area contributed by atoms with E-state index >= 15 is 0 Å². The van der Waals surface area contributed by atoms with Crippen LogP contribution in [0.5, 0.6) is 0 Å². The molecule has 0 saturated carbocycles. The summed E-state index contributed by atoms with van der Waals surface area (Å²) in [6, 6.07) is 14.8. The molecule has 2 atom stereocenters. The number of aryl methyl sites for hydroxylation is 1. The van der Waals surface area contributed by atoms with Crippen molar-refractivity contribution in [1.82, 2.24) is 0 Å². The number of thiophene rings is 1. The molecule has 1 aromatic heterocycles. The Balaban J connectivity index is 1.41. The molecule has 2 unspecified atom stereocenters. The number of amides is 2. The summed E-state index contributed by atoms with van der Waals surface area (Å²) in [5.41, 5.74) is 3.52. The number of hydrogen-bond donors (Lipinski definition) is 3. The molecule has 0 aliphatic heterocycles. The second-order valence-corrected chi connectivity index (χ2v) is 11.2. The van der Waals surface area contributed by atoms with Gasteiger partial charge in [0.2, 0.25) is 11.8 Å². The highest BCUT2D eigenvalue weighted by Crippen LogP contribution is 2.37. The summed E-state index contributed by atoms with van der Waals surface area (Å²) in [5.74, 6) is -3.44. The van der Waals surface area contributed by atoms with E-state index in [1.54, 1.807) is 31.2 Å². The maximum Gasteiger partial charge on any atom is 0.341 e. The second-order valence-electron chi connectivity index (χ2n) is 9.29. The molecule has 1 aliphatic carbocycles. The number of allylic oxidation sites excluding steroid dienone is 2. The summed E-state index contributed by atoms with van der Waals surface area (Å²) in [5, 5.41) is 17.4. The Morgan fingerprint density at radius 2 is 1.75 bits per heavy atom. The molecule has 40 heavy (non-hydrogen) atoms. The van der Waals surface area contributed by atoms with E-state index < -0.39 is 23.8 Å². The molecule has 0 saturated heterocycles. The molecule has 3 N–H and O–H groups in total. The summed E-state index contributed by atoms with van der Waals surface area (Å²) >= 11 is 2.55. The number of carbonyl (C=O) groups is 4. The van der Waals surface area contributed by atoms with Crippen molar-refractivity contribution in [3.8, 4) is 11.1 Å². The molecule has 3 aromatic rings. The van der Waals surface area contributed by atoms with Gasteiger partial charge in [-0.3, -0.25) is 14.4 Å². The van der Waals surface area contributed by atoms with Gasteiger partial charge in [0.15, 0.2) is 0 Å². The quantitative estimate of drug-likeness (QED) is 0.148. The van der Waals surface area contributed by atoms with Gasteiger partial charge < -0.3 is 20.5 Å². The molecule has 1 heterocycles. The van der Waals surface area contributed by atoms with Crippen LogP contribution in [-0.2, 0) is 19.1 Å². The third-order valence-corrected chi connectivity index (χ3v) is 8.33. The van der Waals surface area contributed by atoms with Crippen LogP contribution in [0.25, 0.3) is 11.1 Å². The fourth-order valence-corrected chi connectivity index (χ4v) is 6.12. The molecular formula is C30H30N2O6S2. The van der Waals surface area contributed by atoms with Gasteiger partial charge in [0.1, 0.15) is 10.6 Å². The fourth-order valence-electron chi connectivity index (χ4n) is 4.39. The largest absolute Gasteiger partial charge is 0.481 e. The zero-order valence-electron chi connectivity index (χ0n) is 22.1. The molecule has 0 spiro atoms. The van der Waals surface area contributed by atoms with E-state index in [4.69, 9.17) is 4.74 Å². The molecule has 208 valence electrons. The number of ether oxygens (including phenoxy) is 1. The van der Waals surface area contributed by atoms with Gasteiger partial charge in [0.05, 0.1) is 24.2 Å². The molecule has 2 amide bonds. The topological polar surface area (TPSA) is 122 Å². The lowest BCUT2D eigenvalue weighted by molar-refractivity contribution is -0.146. The van der Waals surface area contributed by atoms with Crippen LogP contribution < -0.4 is 10.6 Å². The predicted molar refractivity (Wildman–Crippen MR) is 158 cm³/mol. The van der Waals surface area contributed by atoms with Gasteiger partial charge in [0.25, 0.3) is 0 Å². The van der Waals surface area contributed by atoms with Crippen LogP contribution in [0.1, 0.15) is 35.7 Å². The summed E-state index contributed by atoms with van der Waals surface area (Å²) in [4.78, 5) is 50.8. The van der Waals surface area contributed by atoms with Crippen LogP contribution in [0.15, 0.2) is 71.0 Å². The minimum absolute atomic E-state index is 0.0753. The molecule has 0 radical (unpaired) electrons. The molecule has 0 bridgehead atoms. The lowest BCUT2D eigenvalue weighted by Crippen LogP contribution is -2.34. The average Bonchev–Trinajstić information content (AvgIpc) is 3.36. The van der Waals surface area contributed by atoms with E-state index in [0.29, 0.717) is 34.7 Å². The molecule has 0 fully saturated rings. The molecule has 1 aliphatic rings. The van der Waals surface area contributed by atoms with Gasteiger partial charge in [-0.15, -0.1) is 23.1 Å². The highest BCUT2D eigenvalue weighted by atomic mass is 32.2. The maximum absolute atomic E-state index is 12.9. The van der Waals surface area contributed by atoms with Crippen LogP contribution in [0.4, 0.5) is 10.7 Å². The van der Waals surface area contributed by atoms with Gasteiger partial charge in [-0.25, -0.2) is 4.79 Å². The number of carboxylic acid groups (broad SMARTS) is 1. The van der Waals surface area contributed by atoms with Crippen molar-refractivity contribution >= 4 is 57.5 Å². The first-order valence-corrected chi connectivity index (χ1v) is 14.7. The van der Waals surface area contributed by atoms with Crippen LogP contribution in [0, 0.1) is 18.8 Å². The van der Waals surface area contributed by atoms with E-state index in [9.17, 15) is 24.3 Å². The number of anilines is 2. The lowest BCUT2D eigenvalue weighted by Gasteiger charge is -2.24. The minimum atomic E-state index is -0.984. The van der Waals surface area contributed by atoms with E-state index in [2.05, 4.69) is 10.6 Å². The summed E-state index contributed by atoms with van der Waals surface area (Å²) in [6.07, 6.45) is 4.33. The minimum Gasteiger partial charge on any atom is -0.481 e. The predicted octanol–water partition coefficient (Wildman–Crippen LogP) is 6.24. The Labute approximate surface area is 240 Å². The van der Waals surface area contributed by atoms with Crippen LogP contribution >= 0.6 is 23.1 Å². The Morgan fingerprint density at radius 3 is 2.45 bits per heavy atom. The summed E-state index contributed by atoms with van der Waals surface area (Å²) < 4.78 is 5.27. The van der Waals surface area contributed by atoms with Gasteiger partial charge in [-0.05, 0) is 50.5 Å². The van der Waals surface area contributed by atoms with Crippen molar-refractivity contribution in [2.75, 3.05) is 23.0 Å². The number of hydrogen-bond acceptors (Lipinski definition) is 7. The van der Waals surface area contributed by atoms with Gasteiger partial charge in [-0.1, -0.05) is 48.0 Å². The van der Waals surface area contributed by atoms with Crippen LogP contribution in [0.3, 0.4) is 0 Å². The SMILES string of the molecule is CCOC(=O)c1c(-c2ccc(C)cc2)csc1NC(=O)CSc1cccc(NC(=O)C2CC=CCC2C(=O)O)c1. The summed E-state index contributed by atoms with van der Waals surface area (Å²) in [7, 11) is 0. The maximum atomic E-state index is 12.9. The standard InChI is InChI=1S/C30H30N2O6S2/c1-3-38-30(37)26-24(19-13-11-18(2)12-14-19)16-40-28(26)32-25(33)17-39-21-8-6-7-20(15-21)31-27(34)22-9-4-5-10-23(22)29(35)36/h4-8,11-16,22-23H,3,9-10,17H2,1-2H3,(H,31,34)(H,32,33)(H,35,36). The third-order valence-electron chi connectivity index (χ3n) is 6.44. The average molecular weight is 579 g/mol. The first-order chi connectivity index (χ1) is 19.3. The highest BCUT2D eigenvalue weighted by molar-refractivity contribution is 8.00. The van der Waals surface area contributed by atoms with Gasteiger partial charge >= 0.3 is 11.9 Å². The number of nitrogens with one attached hydrogen (secondary N) is 2. The van der Waals surface area contributed by atoms with Crippen LogP contribution in [-0.4, -0.2) is 41.2 Å². The molecule has 8 nitrogen and oxygen atoms in total. The van der Waals surface area contributed by atoms with E-state index in [1.807, 2.05) is 48.7 Å². The Kier molecular flexibility index (Phi) is 9.79. The van der Waals surface area contributed by atoms with Crippen molar-refractivity contribution in [1.29, 1.82) is 0 Å². The number of carboxylic acids is 1. The van der Waals surface area contributed by atoms with E-state index in [1.165, 1.54) is 23.1 Å². The van der Waals surface area contributed by atoms with E-state index in [0.717, 1.165) is 16.0 Å². The van der Waals surface area contributed by atoms with Gasteiger partial charge in [-0.2, -0.15) is 0 Å².